The Kier molecular flexibility index (Phi) is 3.14. The van der Waals surface area contributed by atoms with E-state index in [4.69, 9.17) is 14.6 Å². The molecule has 0 aromatic heterocycles. The molecule has 2 saturated heterocycles. The fraction of sp³-hybridized carbons (Fsp3) is 0.818. The minimum atomic E-state index is -0.953. The smallest absolute Gasteiger partial charge is 0.312 e. The molecular formula is C11H16O5. The summed E-state index contributed by atoms with van der Waals surface area (Å²) < 4.78 is 10.5. The SMILES string of the molecule is CCCOC(=O)[C@H]1[C@@H](C(=O)O)[C@@H]2CC[C@H]1O2. The van der Waals surface area contributed by atoms with Gasteiger partial charge in [0.05, 0.1) is 30.7 Å². The van der Waals surface area contributed by atoms with Crippen molar-refractivity contribution in [2.75, 3.05) is 6.61 Å². The zero-order valence-corrected chi connectivity index (χ0v) is 9.22. The third kappa shape index (κ3) is 1.80. The summed E-state index contributed by atoms with van der Waals surface area (Å²) in [7, 11) is 0. The van der Waals surface area contributed by atoms with Gasteiger partial charge in [0.25, 0.3) is 0 Å². The summed E-state index contributed by atoms with van der Waals surface area (Å²) in [5.41, 5.74) is 0. The van der Waals surface area contributed by atoms with Crippen LogP contribution in [0.1, 0.15) is 26.2 Å². The Labute approximate surface area is 93.7 Å². The Morgan fingerprint density at radius 1 is 1.31 bits per heavy atom. The van der Waals surface area contributed by atoms with Crippen LogP contribution >= 0.6 is 0 Å². The fourth-order valence-electron chi connectivity index (χ4n) is 2.59. The van der Waals surface area contributed by atoms with E-state index >= 15 is 0 Å². The van der Waals surface area contributed by atoms with Crippen molar-refractivity contribution in [2.24, 2.45) is 11.8 Å². The lowest BCUT2D eigenvalue weighted by molar-refractivity contribution is -0.158. The monoisotopic (exact) mass is 228 g/mol. The van der Waals surface area contributed by atoms with E-state index in [9.17, 15) is 9.59 Å². The standard InChI is InChI=1S/C11H16O5/c1-2-5-15-11(14)9-7-4-3-6(16-7)8(9)10(12)13/h6-9H,2-5H2,1H3,(H,12,13)/t6-,7+,8-,9+/m0/s1. The largest absolute Gasteiger partial charge is 0.481 e. The molecule has 0 aliphatic carbocycles. The maximum absolute atomic E-state index is 11.7. The van der Waals surface area contributed by atoms with Gasteiger partial charge in [-0.2, -0.15) is 0 Å². The summed E-state index contributed by atoms with van der Waals surface area (Å²) in [4.78, 5) is 22.8. The number of carboxylic acid groups (broad SMARTS) is 1. The van der Waals surface area contributed by atoms with E-state index in [1.165, 1.54) is 0 Å². The van der Waals surface area contributed by atoms with Gasteiger partial charge in [-0.05, 0) is 19.3 Å². The lowest BCUT2D eigenvalue weighted by Crippen LogP contribution is -2.39. The van der Waals surface area contributed by atoms with Crippen LogP contribution in [-0.4, -0.2) is 35.9 Å². The van der Waals surface area contributed by atoms with Crippen molar-refractivity contribution in [1.29, 1.82) is 0 Å². The van der Waals surface area contributed by atoms with Gasteiger partial charge in [0.1, 0.15) is 0 Å². The number of carboxylic acids is 1. The molecule has 0 aromatic rings. The first-order valence-electron chi connectivity index (χ1n) is 5.70. The molecule has 5 nitrogen and oxygen atoms in total. The molecule has 2 heterocycles. The molecule has 16 heavy (non-hydrogen) atoms. The van der Waals surface area contributed by atoms with Crippen molar-refractivity contribution < 1.29 is 24.2 Å². The van der Waals surface area contributed by atoms with E-state index in [0.717, 1.165) is 19.3 Å². The van der Waals surface area contributed by atoms with Crippen molar-refractivity contribution in [1.82, 2.24) is 0 Å². The van der Waals surface area contributed by atoms with Crippen LogP contribution in [0.4, 0.5) is 0 Å². The number of aliphatic carboxylic acids is 1. The number of hydrogen-bond acceptors (Lipinski definition) is 4. The van der Waals surface area contributed by atoms with Gasteiger partial charge in [-0.3, -0.25) is 9.59 Å². The molecule has 2 aliphatic rings. The summed E-state index contributed by atoms with van der Waals surface area (Å²) in [6.07, 6.45) is 1.68. The Morgan fingerprint density at radius 3 is 2.50 bits per heavy atom. The van der Waals surface area contributed by atoms with Gasteiger partial charge in [0.15, 0.2) is 0 Å². The number of rotatable bonds is 4. The van der Waals surface area contributed by atoms with Crippen LogP contribution in [0.15, 0.2) is 0 Å². The van der Waals surface area contributed by atoms with Gasteiger partial charge in [0, 0.05) is 0 Å². The van der Waals surface area contributed by atoms with Crippen molar-refractivity contribution in [3.63, 3.8) is 0 Å². The second-order valence-electron chi connectivity index (χ2n) is 4.35. The van der Waals surface area contributed by atoms with Crippen molar-refractivity contribution in [2.45, 2.75) is 38.4 Å². The molecule has 2 bridgehead atoms. The molecule has 5 heteroatoms. The molecule has 4 atom stereocenters. The summed E-state index contributed by atoms with van der Waals surface area (Å²) in [6, 6.07) is 0. The number of hydrogen-bond donors (Lipinski definition) is 1. The molecule has 2 aliphatic heterocycles. The number of esters is 1. The van der Waals surface area contributed by atoms with E-state index in [0.29, 0.717) is 6.61 Å². The highest BCUT2D eigenvalue weighted by Gasteiger charge is 2.56. The number of carbonyl (C=O) groups excluding carboxylic acids is 1. The summed E-state index contributed by atoms with van der Waals surface area (Å²) >= 11 is 0. The van der Waals surface area contributed by atoms with Crippen LogP contribution < -0.4 is 0 Å². The quantitative estimate of drug-likeness (QED) is 0.721. The van der Waals surface area contributed by atoms with E-state index in [1.54, 1.807) is 0 Å². The zero-order chi connectivity index (χ0) is 11.7. The van der Waals surface area contributed by atoms with Gasteiger partial charge in [-0.1, -0.05) is 6.92 Å². The third-order valence-electron chi connectivity index (χ3n) is 3.28. The molecule has 0 spiro atoms. The first kappa shape index (κ1) is 11.4. The lowest BCUT2D eigenvalue weighted by Gasteiger charge is -2.22. The van der Waals surface area contributed by atoms with Crippen LogP contribution in [0.25, 0.3) is 0 Å². The summed E-state index contributed by atoms with van der Waals surface area (Å²) in [5.74, 6) is -2.70. The highest BCUT2D eigenvalue weighted by atomic mass is 16.5. The lowest BCUT2D eigenvalue weighted by atomic mass is 9.79. The second-order valence-corrected chi connectivity index (χ2v) is 4.35. The molecule has 1 N–H and O–H groups in total. The van der Waals surface area contributed by atoms with Crippen molar-refractivity contribution in [3.05, 3.63) is 0 Å². The Hall–Kier alpha value is -1.10. The number of carbonyl (C=O) groups is 2. The number of ether oxygens (including phenoxy) is 2. The van der Waals surface area contributed by atoms with Crippen LogP contribution in [0.3, 0.4) is 0 Å². The summed E-state index contributed by atoms with van der Waals surface area (Å²) in [6.45, 7) is 2.25. The maximum Gasteiger partial charge on any atom is 0.312 e. The van der Waals surface area contributed by atoms with Crippen LogP contribution in [-0.2, 0) is 19.1 Å². The fourth-order valence-corrected chi connectivity index (χ4v) is 2.59. The molecule has 0 unspecified atom stereocenters. The Balaban J connectivity index is 2.06. The normalized spacial score (nSPS) is 36.3. The molecule has 2 rings (SSSR count). The topological polar surface area (TPSA) is 72.8 Å². The first-order chi connectivity index (χ1) is 7.65. The van der Waals surface area contributed by atoms with Crippen molar-refractivity contribution >= 4 is 11.9 Å². The Morgan fingerprint density at radius 2 is 1.94 bits per heavy atom. The zero-order valence-electron chi connectivity index (χ0n) is 9.22. The molecule has 0 aromatic carbocycles. The van der Waals surface area contributed by atoms with Crippen LogP contribution in [0.2, 0.25) is 0 Å². The van der Waals surface area contributed by atoms with E-state index in [-0.39, 0.29) is 12.2 Å². The van der Waals surface area contributed by atoms with E-state index in [2.05, 4.69) is 0 Å². The predicted molar refractivity (Wildman–Crippen MR) is 53.8 cm³/mol. The van der Waals surface area contributed by atoms with Gasteiger partial charge < -0.3 is 14.6 Å². The van der Waals surface area contributed by atoms with Gasteiger partial charge in [-0.15, -0.1) is 0 Å². The summed E-state index contributed by atoms with van der Waals surface area (Å²) in [5, 5.41) is 9.09. The minimum Gasteiger partial charge on any atom is -0.481 e. The average Bonchev–Trinajstić information content (AvgIpc) is 2.84. The average molecular weight is 228 g/mol. The van der Waals surface area contributed by atoms with Crippen LogP contribution in [0.5, 0.6) is 0 Å². The third-order valence-corrected chi connectivity index (χ3v) is 3.28. The van der Waals surface area contributed by atoms with Crippen molar-refractivity contribution in [3.8, 4) is 0 Å². The van der Waals surface area contributed by atoms with Gasteiger partial charge >= 0.3 is 11.9 Å². The van der Waals surface area contributed by atoms with E-state index in [1.807, 2.05) is 6.92 Å². The van der Waals surface area contributed by atoms with E-state index < -0.39 is 23.8 Å². The second kappa shape index (κ2) is 4.41. The van der Waals surface area contributed by atoms with Gasteiger partial charge in [0.2, 0.25) is 0 Å². The molecular weight excluding hydrogens is 212 g/mol. The number of fused-ring (bicyclic) bond motifs is 2. The first-order valence-corrected chi connectivity index (χ1v) is 5.70. The predicted octanol–water partition coefficient (Wildman–Crippen LogP) is 0.818. The molecule has 2 fully saturated rings. The maximum atomic E-state index is 11.7. The molecule has 90 valence electrons. The Bertz CT molecular complexity index is 301. The highest BCUT2D eigenvalue weighted by molar-refractivity contribution is 5.83. The highest BCUT2D eigenvalue weighted by Crippen LogP contribution is 2.44. The molecule has 0 saturated carbocycles. The van der Waals surface area contributed by atoms with Crippen LogP contribution in [0, 0.1) is 11.8 Å². The molecule has 0 amide bonds. The minimum absolute atomic E-state index is 0.254. The molecule has 0 radical (unpaired) electrons. The van der Waals surface area contributed by atoms with Gasteiger partial charge in [-0.25, -0.2) is 0 Å².